The number of aromatic nitrogens is 2. The van der Waals surface area contributed by atoms with Crippen LogP contribution in [0.25, 0.3) is 11.0 Å². The molecule has 1 saturated heterocycles. The number of thioether (sulfide) groups is 1. The van der Waals surface area contributed by atoms with E-state index in [9.17, 15) is 14.4 Å². The van der Waals surface area contributed by atoms with Crippen LogP contribution in [-0.2, 0) is 9.59 Å². The standard InChI is InChI=1S/C20H27N5O3S/c1-20(2)18(27)25(19(28)24-20)11-6-9-16(26)21-15(10-12-29-3)17-22-13-7-4-5-8-14(13)23-17/h4-5,7-8,15H,6,9-12H2,1-3H3,(H,21,26)(H,22,23)(H,24,28). The van der Waals surface area contributed by atoms with Gasteiger partial charge in [0.1, 0.15) is 11.4 Å². The van der Waals surface area contributed by atoms with Crippen LogP contribution in [0.5, 0.6) is 0 Å². The molecule has 2 heterocycles. The molecule has 0 aliphatic carbocycles. The number of hydrogen-bond acceptors (Lipinski definition) is 5. The van der Waals surface area contributed by atoms with Crippen LogP contribution in [0.2, 0.25) is 0 Å². The summed E-state index contributed by atoms with van der Waals surface area (Å²) in [4.78, 5) is 45.7. The number of amides is 4. The Bertz CT molecular complexity index is 877. The van der Waals surface area contributed by atoms with E-state index in [1.54, 1.807) is 25.6 Å². The van der Waals surface area contributed by atoms with Crippen LogP contribution in [0.4, 0.5) is 4.79 Å². The molecule has 4 amide bonds. The van der Waals surface area contributed by atoms with Gasteiger partial charge in [0, 0.05) is 13.0 Å². The van der Waals surface area contributed by atoms with Crippen molar-refractivity contribution in [3.05, 3.63) is 30.1 Å². The molecule has 1 aromatic carbocycles. The highest BCUT2D eigenvalue weighted by atomic mass is 32.2. The minimum atomic E-state index is -0.885. The minimum absolute atomic E-state index is 0.122. The van der Waals surface area contributed by atoms with Gasteiger partial charge >= 0.3 is 6.03 Å². The molecule has 156 valence electrons. The van der Waals surface area contributed by atoms with Crippen LogP contribution in [0.3, 0.4) is 0 Å². The average Bonchev–Trinajstić information content (AvgIpc) is 3.18. The van der Waals surface area contributed by atoms with E-state index in [0.29, 0.717) is 6.42 Å². The van der Waals surface area contributed by atoms with E-state index in [4.69, 9.17) is 0 Å². The molecule has 3 rings (SSSR count). The van der Waals surface area contributed by atoms with Crippen molar-refractivity contribution in [3.63, 3.8) is 0 Å². The third-order valence-electron chi connectivity index (χ3n) is 4.91. The lowest BCUT2D eigenvalue weighted by atomic mass is 10.1. The van der Waals surface area contributed by atoms with Gasteiger partial charge in [-0.05, 0) is 50.8 Å². The van der Waals surface area contributed by atoms with Crippen LogP contribution in [0, 0.1) is 0 Å². The summed E-state index contributed by atoms with van der Waals surface area (Å²) in [5, 5.41) is 5.69. The highest BCUT2D eigenvalue weighted by Gasteiger charge is 2.43. The molecule has 0 spiro atoms. The number of aromatic amines is 1. The summed E-state index contributed by atoms with van der Waals surface area (Å²) in [6, 6.07) is 7.15. The third-order valence-corrected chi connectivity index (χ3v) is 5.56. The predicted molar refractivity (Wildman–Crippen MR) is 114 cm³/mol. The van der Waals surface area contributed by atoms with E-state index in [1.807, 2.05) is 30.5 Å². The molecule has 1 atom stereocenters. The Morgan fingerprint density at radius 3 is 2.72 bits per heavy atom. The summed E-state index contributed by atoms with van der Waals surface area (Å²) < 4.78 is 0. The molecule has 0 saturated carbocycles. The first-order valence-electron chi connectivity index (χ1n) is 9.69. The topological polar surface area (TPSA) is 107 Å². The number of imide groups is 1. The van der Waals surface area contributed by atoms with E-state index < -0.39 is 11.6 Å². The zero-order valence-corrected chi connectivity index (χ0v) is 17.8. The van der Waals surface area contributed by atoms with Gasteiger partial charge in [0.25, 0.3) is 5.91 Å². The molecular weight excluding hydrogens is 390 g/mol. The Morgan fingerprint density at radius 2 is 2.07 bits per heavy atom. The molecule has 8 nitrogen and oxygen atoms in total. The third kappa shape index (κ3) is 4.90. The number of carbonyl (C=O) groups is 3. The van der Waals surface area contributed by atoms with Crippen LogP contribution in [0.1, 0.15) is 45.0 Å². The molecule has 2 aromatic rings. The number of urea groups is 1. The number of fused-ring (bicyclic) bond motifs is 1. The normalized spacial score (nSPS) is 16.9. The van der Waals surface area contributed by atoms with Gasteiger partial charge in [-0.25, -0.2) is 9.78 Å². The van der Waals surface area contributed by atoms with Crippen molar-refractivity contribution in [1.82, 2.24) is 25.5 Å². The number of hydrogen-bond donors (Lipinski definition) is 3. The molecule has 29 heavy (non-hydrogen) atoms. The number of carbonyl (C=O) groups excluding carboxylic acids is 3. The number of benzene rings is 1. The van der Waals surface area contributed by atoms with Crippen molar-refractivity contribution in [3.8, 4) is 0 Å². The SMILES string of the molecule is CSCCC(NC(=O)CCCN1C(=O)NC(C)(C)C1=O)c1nc2ccccc2[nH]1. The minimum Gasteiger partial charge on any atom is -0.346 e. The molecule has 0 radical (unpaired) electrons. The lowest BCUT2D eigenvalue weighted by Gasteiger charge is -2.18. The van der Waals surface area contributed by atoms with Crippen molar-refractivity contribution in [2.24, 2.45) is 0 Å². The second kappa shape index (κ2) is 8.86. The van der Waals surface area contributed by atoms with Crippen LogP contribution in [0.15, 0.2) is 24.3 Å². The fourth-order valence-electron chi connectivity index (χ4n) is 3.34. The van der Waals surface area contributed by atoms with Gasteiger partial charge in [-0.1, -0.05) is 12.1 Å². The number of nitrogens with zero attached hydrogens (tertiary/aromatic N) is 2. The lowest BCUT2D eigenvalue weighted by molar-refractivity contribution is -0.130. The van der Waals surface area contributed by atoms with E-state index >= 15 is 0 Å². The Kier molecular flexibility index (Phi) is 6.46. The zero-order valence-electron chi connectivity index (χ0n) is 16.9. The van der Waals surface area contributed by atoms with E-state index in [0.717, 1.165) is 29.0 Å². The monoisotopic (exact) mass is 417 g/mol. The summed E-state index contributed by atoms with van der Waals surface area (Å²) in [6.45, 7) is 3.56. The maximum atomic E-state index is 12.5. The second-order valence-corrected chi connectivity index (χ2v) is 8.64. The maximum absolute atomic E-state index is 12.5. The Hall–Kier alpha value is -2.55. The molecule has 1 aromatic heterocycles. The summed E-state index contributed by atoms with van der Waals surface area (Å²) in [5.74, 6) is 1.25. The van der Waals surface area contributed by atoms with E-state index in [2.05, 4.69) is 20.6 Å². The van der Waals surface area contributed by atoms with Crippen molar-refractivity contribution >= 4 is 40.6 Å². The molecule has 3 N–H and O–H groups in total. The van der Waals surface area contributed by atoms with Gasteiger partial charge < -0.3 is 15.6 Å². The van der Waals surface area contributed by atoms with Gasteiger partial charge in [0.15, 0.2) is 0 Å². The van der Waals surface area contributed by atoms with Gasteiger partial charge in [0.05, 0.1) is 17.1 Å². The summed E-state index contributed by atoms with van der Waals surface area (Å²) in [6.07, 6.45) is 3.43. The first-order valence-corrected chi connectivity index (χ1v) is 11.1. The van der Waals surface area contributed by atoms with Crippen LogP contribution < -0.4 is 10.6 Å². The highest BCUT2D eigenvalue weighted by molar-refractivity contribution is 7.98. The van der Waals surface area contributed by atoms with E-state index in [-0.39, 0.29) is 30.8 Å². The van der Waals surface area contributed by atoms with Crippen LogP contribution >= 0.6 is 11.8 Å². The summed E-state index contributed by atoms with van der Waals surface area (Å²) >= 11 is 1.71. The Balaban J connectivity index is 1.57. The Labute approximate surface area is 174 Å². The second-order valence-electron chi connectivity index (χ2n) is 7.66. The van der Waals surface area contributed by atoms with Gasteiger partial charge in [0.2, 0.25) is 5.91 Å². The fraction of sp³-hybridized carbons (Fsp3) is 0.500. The summed E-state index contributed by atoms with van der Waals surface area (Å²) in [5.41, 5.74) is 0.919. The first-order chi connectivity index (χ1) is 13.8. The van der Waals surface area contributed by atoms with Gasteiger partial charge in [-0.3, -0.25) is 14.5 Å². The molecule has 1 fully saturated rings. The molecule has 1 unspecified atom stereocenters. The Morgan fingerprint density at radius 1 is 1.31 bits per heavy atom. The van der Waals surface area contributed by atoms with E-state index in [1.165, 1.54) is 4.90 Å². The number of imidazole rings is 1. The first kappa shape index (κ1) is 21.2. The smallest absolute Gasteiger partial charge is 0.325 e. The van der Waals surface area contributed by atoms with Gasteiger partial charge in [-0.2, -0.15) is 11.8 Å². The van der Waals surface area contributed by atoms with Gasteiger partial charge in [-0.15, -0.1) is 0 Å². The fourth-order valence-corrected chi connectivity index (χ4v) is 3.81. The van der Waals surface area contributed by atoms with Crippen molar-refractivity contribution < 1.29 is 14.4 Å². The molecule has 1 aliphatic heterocycles. The predicted octanol–water partition coefficient (Wildman–Crippen LogP) is 2.58. The number of nitrogens with one attached hydrogen (secondary N) is 3. The summed E-state index contributed by atoms with van der Waals surface area (Å²) in [7, 11) is 0. The lowest BCUT2D eigenvalue weighted by Crippen LogP contribution is -2.40. The number of para-hydroxylation sites is 2. The number of rotatable bonds is 9. The largest absolute Gasteiger partial charge is 0.346 e. The van der Waals surface area contributed by atoms with Crippen LogP contribution in [-0.4, -0.2) is 56.8 Å². The van der Waals surface area contributed by atoms with Crippen molar-refractivity contribution in [1.29, 1.82) is 0 Å². The van der Waals surface area contributed by atoms with Crippen molar-refractivity contribution in [2.75, 3.05) is 18.6 Å². The quantitative estimate of drug-likeness (QED) is 0.544. The highest BCUT2D eigenvalue weighted by Crippen LogP contribution is 2.21. The molecule has 1 aliphatic rings. The average molecular weight is 418 g/mol. The molecular formula is C20H27N5O3S. The van der Waals surface area contributed by atoms with Crippen molar-refractivity contribution in [2.45, 2.75) is 44.7 Å². The zero-order chi connectivity index (χ0) is 21.0. The molecule has 9 heteroatoms. The number of H-pyrrole nitrogens is 1. The maximum Gasteiger partial charge on any atom is 0.325 e. The molecule has 0 bridgehead atoms.